The van der Waals surface area contributed by atoms with Crippen molar-refractivity contribution in [2.75, 3.05) is 26.7 Å². The van der Waals surface area contributed by atoms with Crippen molar-refractivity contribution in [3.05, 3.63) is 42.1 Å². The Labute approximate surface area is 138 Å². The summed E-state index contributed by atoms with van der Waals surface area (Å²) in [5.74, 6) is 1.68. The molecule has 0 spiro atoms. The third-order valence-electron chi connectivity index (χ3n) is 4.20. The van der Waals surface area contributed by atoms with Gasteiger partial charge in [-0.05, 0) is 45.4 Å². The van der Waals surface area contributed by atoms with Crippen molar-refractivity contribution >= 4 is 12.4 Å². The molecule has 0 bridgehead atoms. The van der Waals surface area contributed by atoms with Crippen LogP contribution in [-0.4, -0.2) is 36.7 Å². The van der Waals surface area contributed by atoms with Crippen molar-refractivity contribution in [1.29, 1.82) is 0 Å². The van der Waals surface area contributed by atoms with E-state index in [0.717, 1.165) is 49.1 Å². The molecule has 0 atom stereocenters. The fraction of sp³-hybridized carbons (Fsp3) is 0.471. The maximum Gasteiger partial charge on any atom is 0.167 e. The van der Waals surface area contributed by atoms with Crippen LogP contribution in [0, 0.1) is 5.92 Å². The number of hydrogen-bond donors (Lipinski definition) is 1. The quantitative estimate of drug-likeness (QED) is 0.918. The van der Waals surface area contributed by atoms with Gasteiger partial charge in [-0.1, -0.05) is 35.5 Å². The number of piperidine rings is 1. The molecule has 0 amide bonds. The number of likely N-dealkylation sites (tertiary alicyclic amines) is 1. The number of aromatic nitrogens is 1. The molecule has 1 aliphatic rings. The topological polar surface area (TPSA) is 41.3 Å². The molecule has 2 aromatic rings. The van der Waals surface area contributed by atoms with Crippen molar-refractivity contribution in [1.82, 2.24) is 15.4 Å². The molecule has 120 valence electrons. The van der Waals surface area contributed by atoms with E-state index in [0.29, 0.717) is 0 Å². The first-order chi connectivity index (χ1) is 10.3. The van der Waals surface area contributed by atoms with Gasteiger partial charge in [0, 0.05) is 18.2 Å². The highest BCUT2D eigenvalue weighted by atomic mass is 35.5. The van der Waals surface area contributed by atoms with Gasteiger partial charge in [-0.15, -0.1) is 12.4 Å². The van der Waals surface area contributed by atoms with Crippen LogP contribution in [0.5, 0.6) is 0 Å². The van der Waals surface area contributed by atoms with Crippen LogP contribution in [0.1, 0.15) is 18.5 Å². The molecule has 1 saturated heterocycles. The van der Waals surface area contributed by atoms with Gasteiger partial charge in [0.25, 0.3) is 0 Å². The highest BCUT2D eigenvalue weighted by Crippen LogP contribution is 2.22. The predicted octanol–water partition coefficient (Wildman–Crippen LogP) is 3.19. The minimum absolute atomic E-state index is 0. The third kappa shape index (κ3) is 4.32. The van der Waals surface area contributed by atoms with Crippen LogP contribution in [-0.2, 0) is 6.54 Å². The largest absolute Gasteiger partial charge is 0.356 e. The Bertz CT molecular complexity index is 550. The Morgan fingerprint density at radius 1 is 1.23 bits per heavy atom. The Morgan fingerprint density at radius 3 is 2.64 bits per heavy atom. The summed E-state index contributed by atoms with van der Waals surface area (Å²) in [6.45, 7) is 4.33. The van der Waals surface area contributed by atoms with Crippen molar-refractivity contribution in [2.24, 2.45) is 5.92 Å². The Hall–Kier alpha value is -1.36. The van der Waals surface area contributed by atoms with E-state index in [1.54, 1.807) is 0 Å². The fourth-order valence-electron chi connectivity index (χ4n) is 2.99. The summed E-state index contributed by atoms with van der Waals surface area (Å²) in [7, 11) is 2.03. The monoisotopic (exact) mass is 321 g/mol. The summed E-state index contributed by atoms with van der Waals surface area (Å²) in [4.78, 5) is 2.47. The smallest absolute Gasteiger partial charge is 0.167 e. The second-order valence-corrected chi connectivity index (χ2v) is 5.83. The van der Waals surface area contributed by atoms with Gasteiger partial charge in [-0.3, -0.25) is 4.90 Å². The lowest BCUT2D eigenvalue weighted by molar-refractivity contribution is 0.173. The highest BCUT2D eigenvalue weighted by Gasteiger charge is 2.19. The molecular weight excluding hydrogens is 298 g/mol. The second-order valence-electron chi connectivity index (χ2n) is 5.83. The van der Waals surface area contributed by atoms with E-state index >= 15 is 0 Å². The molecule has 1 aromatic carbocycles. The summed E-state index contributed by atoms with van der Waals surface area (Å²) in [6, 6.07) is 12.2. The number of rotatable bonds is 5. The Kier molecular flexibility index (Phi) is 6.43. The number of hydrogen-bond acceptors (Lipinski definition) is 4. The van der Waals surface area contributed by atoms with Crippen molar-refractivity contribution in [2.45, 2.75) is 19.4 Å². The lowest BCUT2D eigenvalue weighted by atomic mass is 9.97. The van der Waals surface area contributed by atoms with Crippen LogP contribution in [0.3, 0.4) is 0 Å². The summed E-state index contributed by atoms with van der Waals surface area (Å²) in [5, 5.41) is 7.49. The van der Waals surface area contributed by atoms with Crippen LogP contribution in [0.15, 0.2) is 40.9 Å². The summed E-state index contributed by atoms with van der Waals surface area (Å²) in [6.07, 6.45) is 2.54. The number of nitrogens with zero attached hydrogens (tertiary/aromatic N) is 2. The molecule has 0 unspecified atom stereocenters. The average Bonchev–Trinajstić information content (AvgIpc) is 2.99. The van der Waals surface area contributed by atoms with Gasteiger partial charge < -0.3 is 9.84 Å². The summed E-state index contributed by atoms with van der Waals surface area (Å²) < 4.78 is 5.47. The number of benzene rings is 1. The minimum atomic E-state index is 0. The van der Waals surface area contributed by atoms with E-state index in [2.05, 4.69) is 21.4 Å². The normalized spacial score (nSPS) is 16.4. The molecule has 1 N–H and O–H groups in total. The van der Waals surface area contributed by atoms with Crippen LogP contribution in [0.2, 0.25) is 0 Å². The van der Waals surface area contributed by atoms with Gasteiger partial charge >= 0.3 is 0 Å². The summed E-state index contributed by atoms with van der Waals surface area (Å²) >= 11 is 0. The first kappa shape index (κ1) is 17.0. The molecule has 3 rings (SSSR count). The van der Waals surface area contributed by atoms with E-state index in [4.69, 9.17) is 4.52 Å². The molecule has 5 heteroatoms. The molecule has 22 heavy (non-hydrogen) atoms. The van der Waals surface area contributed by atoms with Crippen LogP contribution in [0.25, 0.3) is 11.3 Å². The number of halogens is 1. The van der Waals surface area contributed by atoms with Crippen molar-refractivity contribution < 1.29 is 4.52 Å². The lowest BCUT2D eigenvalue weighted by Gasteiger charge is -2.31. The zero-order valence-electron chi connectivity index (χ0n) is 13.0. The van der Waals surface area contributed by atoms with Gasteiger partial charge in [0.1, 0.15) is 0 Å². The van der Waals surface area contributed by atoms with Crippen molar-refractivity contribution in [3.63, 3.8) is 0 Å². The van der Waals surface area contributed by atoms with Gasteiger partial charge in [0.2, 0.25) is 0 Å². The van der Waals surface area contributed by atoms with E-state index in [-0.39, 0.29) is 12.4 Å². The second kappa shape index (κ2) is 8.32. The van der Waals surface area contributed by atoms with Gasteiger partial charge in [-0.25, -0.2) is 0 Å². The predicted molar refractivity (Wildman–Crippen MR) is 91.1 cm³/mol. The summed E-state index contributed by atoms with van der Waals surface area (Å²) in [5.41, 5.74) is 2.12. The molecular formula is C17H24ClN3O. The van der Waals surface area contributed by atoms with E-state index in [1.807, 2.05) is 37.4 Å². The van der Waals surface area contributed by atoms with Crippen molar-refractivity contribution in [3.8, 4) is 11.3 Å². The molecule has 2 heterocycles. The highest BCUT2D eigenvalue weighted by molar-refractivity contribution is 5.85. The van der Waals surface area contributed by atoms with E-state index in [1.165, 1.54) is 12.8 Å². The molecule has 1 aliphatic heterocycles. The maximum absolute atomic E-state index is 5.47. The molecule has 0 aliphatic carbocycles. The third-order valence-corrected chi connectivity index (χ3v) is 4.20. The molecule has 0 saturated carbocycles. The molecule has 0 radical (unpaired) electrons. The van der Waals surface area contributed by atoms with Gasteiger partial charge in [-0.2, -0.15) is 0 Å². The lowest BCUT2D eigenvalue weighted by Crippen LogP contribution is -2.36. The van der Waals surface area contributed by atoms with Crippen LogP contribution in [0.4, 0.5) is 0 Å². The minimum Gasteiger partial charge on any atom is -0.356 e. The van der Waals surface area contributed by atoms with Crippen LogP contribution >= 0.6 is 12.4 Å². The first-order valence-corrected chi connectivity index (χ1v) is 7.73. The number of nitrogens with one attached hydrogen (secondary N) is 1. The Morgan fingerprint density at radius 2 is 1.95 bits per heavy atom. The maximum atomic E-state index is 5.47. The van der Waals surface area contributed by atoms with Crippen LogP contribution < -0.4 is 5.32 Å². The zero-order valence-corrected chi connectivity index (χ0v) is 13.8. The standard InChI is InChI=1S/C17H23N3O.ClH/c1-18-12-14-7-9-20(10-8-14)13-16-11-17(21-19-16)15-5-3-2-4-6-15;/h2-6,11,14,18H,7-10,12-13H2,1H3;1H. The molecule has 1 fully saturated rings. The van der Waals surface area contributed by atoms with E-state index in [9.17, 15) is 0 Å². The average molecular weight is 322 g/mol. The van der Waals surface area contributed by atoms with Gasteiger partial charge in [0.15, 0.2) is 5.76 Å². The van der Waals surface area contributed by atoms with Gasteiger partial charge in [0.05, 0.1) is 5.69 Å². The van der Waals surface area contributed by atoms with E-state index < -0.39 is 0 Å². The zero-order chi connectivity index (χ0) is 14.5. The first-order valence-electron chi connectivity index (χ1n) is 7.73. The molecule has 4 nitrogen and oxygen atoms in total. The Balaban J connectivity index is 0.00000176. The SMILES string of the molecule is CNCC1CCN(Cc2cc(-c3ccccc3)on2)CC1.Cl. The fourth-order valence-corrected chi connectivity index (χ4v) is 2.99. The molecule has 1 aromatic heterocycles.